The number of hydrogen-bond acceptors (Lipinski definition) is 1. The van der Waals surface area contributed by atoms with Crippen LogP contribution in [0.5, 0.6) is 0 Å². The topological polar surface area (TPSA) is 17.1 Å². The second kappa shape index (κ2) is 3.37. The summed E-state index contributed by atoms with van der Waals surface area (Å²) >= 11 is 9.04. The molecule has 0 aliphatic heterocycles. The molecule has 58 valence electrons. The number of carbonyl (C=O) groups excluding carboxylic acids is 1. The summed E-state index contributed by atoms with van der Waals surface area (Å²) in [4.78, 5) is 10.4. The van der Waals surface area contributed by atoms with Gasteiger partial charge < -0.3 is 0 Å². The lowest BCUT2D eigenvalue weighted by Gasteiger charge is -2.00. The molecular weight excluding hydrogens is 227 g/mol. The molecule has 1 rings (SSSR count). The molecule has 0 aliphatic carbocycles. The van der Waals surface area contributed by atoms with Crippen LogP contribution in [0.25, 0.3) is 0 Å². The molecule has 11 heavy (non-hydrogen) atoms. The SMILES string of the molecule is Cc1cc(Br)c(C=O)cc1Cl. The second-order valence-corrected chi connectivity index (χ2v) is 3.50. The summed E-state index contributed by atoms with van der Waals surface area (Å²) in [5.41, 5.74) is 1.55. The van der Waals surface area contributed by atoms with Gasteiger partial charge in [-0.2, -0.15) is 0 Å². The minimum Gasteiger partial charge on any atom is -0.298 e. The van der Waals surface area contributed by atoms with E-state index >= 15 is 0 Å². The predicted molar refractivity (Wildman–Crippen MR) is 49.3 cm³/mol. The van der Waals surface area contributed by atoms with Crippen molar-refractivity contribution in [3.05, 3.63) is 32.8 Å². The molecule has 1 aromatic rings. The van der Waals surface area contributed by atoms with Crippen molar-refractivity contribution in [2.24, 2.45) is 0 Å². The van der Waals surface area contributed by atoms with Crippen molar-refractivity contribution in [3.63, 3.8) is 0 Å². The Balaban J connectivity index is 3.31. The molecule has 0 atom stereocenters. The van der Waals surface area contributed by atoms with Crippen LogP contribution in [0.3, 0.4) is 0 Å². The van der Waals surface area contributed by atoms with Crippen LogP contribution in [-0.2, 0) is 0 Å². The van der Waals surface area contributed by atoms with E-state index in [-0.39, 0.29) is 0 Å². The monoisotopic (exact) mass is 232 g/mol. The zero-order valence-electron chi connectivity index (χ0n) is 5.90. The van der Waals surface area contributed by atoms with Crippen molar-refractivity contribution in [1.29, 1.82) is 0 Å². The minimum absolute atomic E-state index is 0.584. The predicted octanol–water partition coefficient (Wildman–Crippen LogP) is 3.22. The fourth-order valence-corrected chi connectivity index (χ4v) is 1.48. The number of aldehydes is 1. The van der Waals surface area contributed by atoms with Gasteiger partial charge in [-0.1, -0.05) is 27.5 Å². The number of carbonyl (C=O) groups is 1. The minimum atomic E-state index is 0.584. The Morgan fingerprint density at radius 2 is 2.18 bits per heavy atom. The Bertz CT molecular complexity index is 296. The molecule has 0 radical (unpaired) electrons. The molecule has 0 aromatic heterocycles. The van der Waals surface area contributed by atoms with Gasteiger partial charge in [0.15, 0.2) is 6.29 Å². The Morgan fingerprint density at radius 1 is 1.55 bits per heavy atom. The summed E-state index contributed by atoms with van der Waals surface area (Å²) in [5, 5.41) is 0.621. The van der Waals surface area contributed by atoms with Crippen molar-refractivity contribution in [2.75, 3.05) is 0 Å². The number of halogens is 2. The number of hydrogen-bond donors (Lipinski definition) is 0. The third kappa shape index (κ3) is 1.82. The van der Waals surface area contributed by atoms with E-state index in [1.165, 1.54) is 0 Å². The maximum atomic E-state index is 10.4. The lowest BCUT2D eigenvalue weighted by Crippen LogP contribution is -1.84. The molecule has 0 fully saturated rings. The van der Waals surface area contributed by atoms with Crippen LogP contribution in [0.1, 0.15) is 15.9 Å². The Morgan fingerprint density at radius 3 is 2.73 bits per heavy atom. The first kappa shape index (κ1) is 8.75. The summed E-state index contributed by atoms with van der Waals surface area (Å²) < 4.78 is 0.786. The number of benzene rings is 1. The molecule has 0 saturated carbocycles. The van der Waals surface area contributed by atoms with Crippen molar-refractivity contribution >= 4 is 33.8 Å². The number of rotatable bonds is 1. The zero-order chi connectivity index (χ0) is 8.43. The van der Waals surface area contributed by atoms with Gasteiger partial charge >= 0.3 is 0 Å². The van der Waals surface area contributed by atoms with Crippen molar-refractivity contribution in [3.8, 4) is 0 Å². The number of aryl methyl sites for hydroxylation is 1. The van der Waals surface area contributed by atoms with E-state index in [9.17, 15) is 4.79 Å². The highest BCUT2D eigenvalue weighted by atomic mass is 79.9. The lowest BCUT2D eigenvalue weighted by atomic mass is 10.2. The highest BCUT2D eigenvalue weighted by molar-refractivity contribution is 9.10. The van der Waals surface area contributed by atoms with E-state index in [0.29, 0.717) is 10.6 Å². The molecule has 0 unspecified atom stereocenters. The maximum Gasteiger partial charge on any atom is 0.151 e. The summed E-state index contributed by atoms with van der Waals surface area (Å²) in [6, 6.07) is 3.47. The normalized spacial score (nSPS) is 9.73. The molecule has 0 aliphatic rings. The smallest absolute Gasteiger partial charge is 0.151 e. The van der Waals surface area contributed by atoms with E-state index in [4.69, 9.17) is 11.6 Å². The van der Waals surface area contributed by atoms with Gasteiger partial charge in [0.2, 0.25) is 0 Å². The maximum absolute atomic E-state index is 10.4. The molecule has 0 amide bonds. The summed E-state index contributed by atoms with van der Waals surface area (Å²) in [7, 11) is 0. The lowest BCUT2D eigenvalue weighted by molar-refractivity contribution is 0.112. The Hall–Kier alpha value is -0.340. The average Bonchev–Trinajstić information content (AvgIpc) is 1.97. The fourth-order valence-electron chi connectivity index (χ4n) is 0.752. The summed E-state index contributed by atoms with van der Waals surface area (Å²) in [6.07, 6.45) is 0.773. The zero-order valence-corrected chi connectivity index (χ0v) is 8.24. The fraction of sp³-hybridized carbons (Fsp3) is 0.125. The first-order valence-electron chi connectivity index (χ1n) is 3.06. The molecule has 1 nitrogen and oxygen atoms in total. The highest BCUT2D eigenvalue weighted by Crippen LogP contribution is 2.23. The van der Waals surface area contributed by atoms with Crippen molar-refractivity contribution in [1.82, 2.24) is 0 Å². The van der Waals surface area contributed by atoms with Crippen LogP contribution in [0, 0.1) is 6.92 Å². The van der Waals surface area contributed by atoms with Crippen molar-refractivity contribution in [2.45, 2.75) is 6.92 Å². The Labute approximate surface area is 78.5 Å². The highest BCUT2D eigenvalue weighted by Gasteiger charge is 2.01. The van der Waals surface area contributed by atoms with Gasteiger partial charge in [0.25, 0.3) is 0 Å². The van der Waals surface area contributed by atoms with Gasteiger partial charge in [0.05, 0.1) is 0 Å². The average molecular weight is 233 g/mol. The van der Waals surface area contributed by atoms with Gasteiger partial charge in [0.1, 0.15) is 0 Å². The third-order valence-corrected chi connectivity index (χ3v) is 2.50. The molecule has 1 aromatic carbocycles. The van der Waals surface area contributed by atoms with Crippen LogP contribution in [-0.4, -0.2) is 6.29 Å². The molecule has 3 heteroatoms. The molecule has 0 saturated heterocycles. The van der Waals surface area contributed by atoms with Crippen LogP contribution in [0.4, 0.5) is 0 Å². The van der Waals surface area contributed by atoms with Gasteiger partial charge in [0, 0.05) is 15.1 Å². The van der Waals surface area contributed by atoms with Gasteiger partial charge in [-0.25, -0.2) is 0 Å². The largest absolute Gasteiger partial charge is 0.298 e. The first-order valence-corrected chi connectivity index (χ1v) is 4.23. The van der Waals surface area contributed by atoms with Crippen molar-refractivity contribution < 1.29 is 4.79 Å². The summed E-state index contributed by atoms with van der Waals surface area (Å²) in [5.74, 6) is 0. The van der Waals surface area contributed by atoms with E-state index in [0.717, 1.165) is 16.3 Å². The van der Waals surface area contributed by atoms with E-state index < -0.39 is 0 Å². The quantitative estimate of drug-likeness (QED) is 0.681. The van der Waals surface area contributed by atoms with E-state index in [1.54, 1.807) is 6.07 Å². The first-order chi connectivity index (χ1) is 5.15. The van der Waals surface area contributed by atoms with E-state index in [2.05, 4.69) is 15.9 Å². The molecule has 0 heterocycles. The van der Waals surface area contributed by atoms with Crippen LogP contribution < -0.4 is 0 Å². The van der Waals surface area contributed by atoms with Gasteiger partial charge in [-0.05, 0) is 24.6 Å². The van der Waals surface area contributed by atoms with Gasteiger partial charge in [-0.3, -0.25) is 4.79 Å². The molecule has 0 spiro atoms. The Kier molecular flexibility index (Phi) is 2.68. The van der Waals surface area contributed by atoms with Crippen LogP contribution in [0.2, 0.25) is 5.02 Å². The van der Waals surface area contributed by atoms with Gasteiger partial charge in [-0.15, -0.1) is 0 Å². The van der Waals surface area contributed by atoms with Crippen LogP contribution in [0.15, 0.2) is 16.6 Å². The second-order valence-electron chi connectivity index (χ2n) is 2.24. The van der Waals surface area contributed by atoms with E-state index in [1.807, 2.05) is 13.0 Å². The molecule has 0 bridgehead atoms. The van der Waals surface area contributed by atoms with Crippen LogP contribution >= 0.6 is 27.5 Å². The standard InChI is InChI=1S/C8H6BrClO/c1-5-2-7(9)6(4-11)3-8(5)10/h2-4H,1H3. The molecule has 0 N–H and O–H groups in total. The molecular formula is C8H6BrClO. The summed E-state index contributed by atoms with van der Waals surface area (Å²) in [6.45, 7) is 1.89. The third-order valence-electron chi connectivity index (χ3n) is 1.40.